The predicted molar refractivity (Wildman–Crippen MR) is 91.8 cm³/mol. The monoisotopic (exact) mass is 376 g/mol. The molecule has 3 N–H and O–H groups in total. The Morgan fingerprint density at radius 2 is 1.74 bits per heavy atom. The van der Waals surface area contributed by atoms with E-state index in [1.165, 1.54) is 0 Å². The molecule has 0 aliphatic carbocycles. The lowest BCUT2D eigenvalue weighted by atomic mass is 10.1. The fraction of sp³-hybridized carbons (Fsp3) is 0.176. The van der Waals surface area contributed by atoms with Crippen molar-refractivity contribution >= 4 is 33.5 Å². The van der Waals surface area contributed by atoms with Gasteiger partial charge in [-0.05, 0) is 48.9 Å². The van der Waals surface area contributed by atoms with E-state index in [-0.39, 0.29) is 18.6 Å². The van der Waals surface area contributed by atoms with Gasteiger partial charge in [0.15, 0.2) is 6.61 Å². The number of amides is 1. The van der Waals surface area contributed by atoms with Gasteiger partial charge in [0.25, 0.3) is 5.91 Å². The first-order chi connectivity index (χ1) is 11.0. The third kappa shape index (κ3) is 5.10. The van der Waals surface area contributed by atoms with Crippen molar-refractivity contribution in [2.75, 3.05) is 12.3 Å². The van der Waals surface area contributed by atoms with E-state index < -0.39 is 5.97 Å². The molecule has 0 heterocycles. The predicted octanol–water partition coefficient (Wildman–Crippen LogP) is 3.07. The van der Waals surface area contributed by atoms with Gasteiger partial charge in [-0.25, -0.2) is 4.79 Å². The zero-order valence-electron chi connectivity index (χ0n) is 12.6. The molecule has 0 saturated heterocycles. The first-order valence-electron chi connectivity index (χ1n) is 7.03. The number of benzene rings is 2. The highest BCUT2D eigenvalue weighted by Gasteiger charge is 2.13. The van der Waals surface area contributed by atoms with Gasteiger partial charge in [-0.2, -0.15) is 0 Å². The number of anilines is 1. The Kier molecular flexibility index (Phi) is 5.76. The zero-order valence-corrected chi connectivity index (χ0v) is 14.2. The number of carbonyl (C=O) groups excluding carboxylic acids is 2. The van der Waals surface area contributed by atoms with Gasteiger partial charge in [-0.1, -0.05) is 28.1 Å². The molecular formula is C17H17BrN2O3. The summed E-state index contributed by atoms with van der Waals surface area (Å²) in [4.78, 5) is 23.7. The Morgan fingerprint density at radius 1 is 1.13 bits per heavy atom. The molecule has 0 fully saturated rings. The zero-order chi connectivity index (χ0) is 16.8. The highest BCUT2D eigenvalue weighted by atomic mass is 79.9. The van der Waals surface area contributed by atoms with Crippen LogP contribution < -0.4 is 11.1 Å². The molecule has 2 aromatic rings. The van der Waals surface area contributed by atoms with Crippen molar-refractivity contribution in [3.63, 3.8) is 0 Å². The number of halogens is 1. The Bertz CT molecular complexity index is 684. The van der Waals surface area contributed by atoms with Crippen molar-refractivity contribution in [2.24, 2.45) is 0 Å². The van der Waals surface area contributed by atoms with E-state index >= 15 is 0 Å². The lowest BCUT2D eigenvalue weighted by molar-refractivity contribution is -0.124. The second-order valence-corrected chi connectivity index (χ2v) is 5.95. The van der Waals surface area contributed by atoms with E-state index in [1.807, 2.05) is 31.2 Å². The maximum Gasteiger partial charge on any atom is 0.338 e. The van der Waals surface area contributed by atoms with Gasteiger partial charge in [0.2, 0.25) is 0 Å². The molecule has 0 radical (unpaired) electrons. The number of nitrogens with one attached hydrogen (secondary N) is 1. The van der Waals surface area contributed by atoms with E-state index in [1.54, 1.807) is 24.3 Å². The number of carbonyl (C=O) groups is 2. The maximum absolute atomic E-state index is 11.9. The third-order valence-electron chi connectivity index (χ3n) is 3.23. The molecule has 6 heteroatoms. The Morgan fingerprint density at radius 3 is 2.35 bits per heavy atom. The fourth-order valence-corrected chi connectivity index (χ4v) is 2.22. The van der Waals surface area contributed by atoms with Crippen LogP contribution in [0.15, 0.2) is 53.0 Å². The average molecular weight is 377 g/mol. The van der Waals surface area contributed by atoms with Crippen LogP contribution in [0.5, 0.6) is 0 Å². The molecule has 0 aliphatic heterocycles. The lowest BCUT2D eigenvalue weighted by Gasteiger charge is -2.14. The van der Waals surface area contributed by atoms with Gasteiger partial charge in [0, 0.05) is 10.2 Å². The van der Waals surface area contributed by atoms with Crippen molar-refractivity contribution in [2.45, 2.75) is 13.0 Å². The number of nitrogen functional groups attached to an aromatic ring is 1. The van der Waals surface area contributed by atoms with Gasteiger partial charge in [-0.15, -0.1) is 0 Å². The SMILES string of the molecule is C[C@@H](NC(=O)COC(=O)c1ccc(N)cc1)c1ccc(Br)cc1. The normalized spacial score (nSPS) is 11.6. The Balaban J connectivity index is 1.83. The Labute approximate surface area is 143 Å². The number of rotatable bonds is 5. The van der Waals surface area contributed by atoms with Crippen LogP contribution in [-0.4, -0.2) is 18.5 Å². The van der Waals surface area contributed by atoms with Gasteiger partial charge in [0.05, 0.1) is 11.6 Å². The van der Waals surface area contributed by atoms with Crippen LogP contribution in [-0.2, 0) is 9.53 Å². The van der Waals surface area contributed by atoms with Crippen molar-refractivity contribution in [3.05, 3.63) is 64.1 Å². The molecule has 120 valence electrons. The van der Waals surface area contributed by atoms with Crippen LogP contribution in [0, 0.1) is 0 Å². The number of nitrogens with two attached hydrogens (primary N) is 1. The summed E-state index contributed by atoms with van der Waals surface area (Å²) in [5.74, 6) is -0.916. The largest absolute Gasteiger partial charge is 0.452 e. The first-order valence-corrected chi connectivity index (χ1v) is 7.82. The quantitative estimate of drug-likeness (QED) is 0.620. The summed E-state index contributed by atoms with van der Waals surface area (Å²) in [7, 11) is 0. The van der Waals surface area contributed by atoms with Gasteiger partial charge < -0.3 is 15.8 Å². The van der Waals surface area contributed by atoms with Crippen molar-refractivity contribution < 1.29 is 14.3 Å². The molecule has 0 aromatic heterocycles. The summed E-state index contributed by atoms with van der Waals surface area (Å²) in [6, 6.07) is 13.8. The lowest BCUT2D eigenvalue weighted by Crippen LogP contribution is -2.31. The van der Waals surface area contributed by atoms with E-state index in [0.717, 1.165) is 10.0 Å². The number of hydrogen-bond donors (Lipinski definition) is 2. The van der Waals surface area contributed by atoms with Gasteiger partial charge >= 0.3 is 5.97 Å². The van der Waals surface area contributed by atoms with Crippen LogP contribution in [0.1, 0.15) is 28.9 Å². The van der Waals surface area contributed by atoms with Crippen LogP contribution in [0.3, 0.4) is 0 Å². The molecule has 2 rings (SSSR count). The van der Waals surface area contributed by atoms with Crippen molar-refractivity contribution in [1.29, 1.82) is 0 Å². The highest BCUT2D eigenvalue weighted by molar-refractivity contribution is 9.10. The summed E-state index contributed by atoms with van der Waals surface area (Å²) >= 11 is 3.36. The van der Waals surface area contributed by atoms with Crippen LogP contribution in [0.4, 0.5) is 5.69 Å². The molecule has 1 atom stereocenters. The van der Waals surface area contributed by atoms with E-state index in [4.69, 9.17) is 10.5 Å². The number of ether oxygens (including phenoxy) is 1. The molecular weight excluding hydrogens is 360 g/mol. The van der Waals surface area contributed by atoms with E-state index in [0.29, 0.717) is 11.3 Å². The van der Waals surface area contributed by atoms with E-state index in [9.17, 15) is 9.59 Å². The standard InChI is InChI=1S/C17H17BrN2O3/c1-11(12-2-6-14(18)7-3-12)20-16(21)10-23-17(22)13-4-8-15(19)9-5-13/h2-9,11H,10,19H2,1H3,(H,20,21)/t11-/m1/s1. The van der Waals surface area contributed by atoms with Crippen LogP contribution in [0.2, 0.25) is 0 Å². The summed E-state index contributed by atoms with van der Waals surface area (Å²) in [6.45, 7) is 1.53. The summed E-state index contributed by atoms with van der Waals surface area (Å²) in [5.41, 5.74) is 7.43. The van der Waals surface area contributed by atoms with Crippen LogP contribution >= 0.6 is 15.9 Å². The summed E-state index contributed by atoms with van der Waals surface area (Å²) < 4.78 is 5.96. The number of hydrogen-bond acceptors (Lipinski definition) is 4. The maximum atomic E-state index is 11.9. The molecule has 1 amide bonds. The third-order valence-corrected chi connectivity index (χ3v) is 3.76. The van der Waals surface area contributed by atoms with Crippen molar-refractivity contribution in [3.8, 4) is 0 Å². The second-order valence-electron chi connectivity index (χ2n) is 5.04. The molecule has 0 spiro atoms. The molecule has 0 bridgehead atoms. The molecule has 0 unspecified atom stereocenters. The molecule has 23 heavy (non-hydrogen) atoms. The summed E-state index contributed by atoms with van der Waals surface area (Å²) in [6.07, 6.45) is 0. The highest BCUT2D eigenvalue weighted by Crippen LogP contribution is 2.16. The minimum atomic E-state index is -0.559. The fourth-order valence-electron chi connectivity index (χ4n) is 1.95. The molecule has 0 saturated carbocycles. The smallest absolute Gasteiger partial charge is 0.338 e. The minimum absolute atomic E-state index is 0.175. The minimum Gasteiger partial charge on any atom is -0.452 e. The summed E-state index contributed by atoms with van der Waals surface area (Å²) in [5, 5.41) is 2.78. The number of esters is 1. The molecule has 5 nitrogen and oxygen atoms in total. The van der Waals surface area contributed by atoms with Gasteiger partial charge in [-0.3, -0.25) is 4.79 Å². The second kappa shape index (κ2) is 7.78. The first kappa shape index (κ1) is 17.0. The van der Waals surface area contributed by atoms with E-state index in [2.05, 4.69) is 21.2 Å². The topological polar surface area (TPSA) is 81.4 Å². The van der Waals surface area contributed by atoms with Crippen molar-refractivity contribution in [1.82, 2.24) is 5.32 Å². The van der Waals surface area contributed by atoms with Crippen LogP contribution in [0.25, 0.3) is 0 Å². The average Bonchev–Trinajstić information content (AvgIpc) is 2.54. The molecule has 0 aliphatic rings. The van der Waals surface area contributed by atoms with Gasteiger partial charge in [0.1, 0.15) is 0 Å². The molecule has 2 aromatic carbocycles. The Hall–Kier alpha value is -2.34.